The lowest BCUT2D eigenvalue weighted by Crippen LogP contribution is -2.13. The molecule has 1 aliphatic carbocycles. The molecule has 0 spiro atoms. The smallest absolute Gasteiger partial charge is 0.348 e. The predicted octanol–water partition coefficient (Wildman–Crippen LogP) is 3.51. The summed E-state index contributed by atoms with van der Waals surface area (Å²) < 4.78 is 15.0. The van der Waals surface area contributed by atoms with E-state index in [9.17, 15) is 14.4 Å². The van der Waals surface area contributed by atoms with Crippen LogP contribution in [0.3, 0.4) is 0 Å². The molecule has 0 saturated carbocycles. The zero-order valence-electron chi connectivity index (χ0n) is 16.4. The third-order valence-corrected chi connectivity index (χ3v) is 6.28. The number of nitrogen functional groups attached to an aromatic ring is 1. The standard InChI is InChI=1S/C22H19NO6S/c1-27-21(25)17-15(18(22(26)28-2)30-19(17)23)10-29-20(24)14-9-8-12-7-6-11-4-3-5-13(14)16(11)12/h3-5,8-9H,6-7,10,23H2,1-2H3. The Morgan fingerprint density at radius 1 is 0.967 bits per heavy atom. The van der Waals surface area contributed by atoms with Crippen LogP contribution in [0.15, 0.2) is 30.3 Å². The van der Waals surface area contributed by atoms with E-state index in [0.717, 1.165) is 35.0 Å². The fourth-order valence-corrected chi connectivity index (χ4v) is 4.83. The van der Waals surface area contributed by atoms with Crippen LogP contribution in [0, 0.1) is 0 Å². The number of aryl methyl sites for hydroxylation is 2. The molecule has 2 N–H and O–H groups in total. The molecule has 0 fully saturated rings. The molecule has 1 heterocycles. The largest absolute Gasteiger partial charge is 0.465 e. The van der Waals surface area contributed by atoms with E-state index < -0.39 is 17.9 Å². The van der Waals surface area contributed by atoms with Crippen molar-refractivity contribution in [3.63, 3.8) is 0 Å². The van der Waals surface area contributed by atoms with Crippen LogP contribution in [0.1, 0.15) is 47.1 Å². The summed E-state index contributed by atoms with van der Waals surface area (Å²) in [7, 11) is 2.43. The van der Waals surface area contributed by atoms with Gasteiger partial charge in [-0.05, 0) is 40.8 Å². The predicted molar refractivity (Wildman–Crippen MR) is 112 cm³/mol. The van der Waals surface area contributed by atoms with Gasteiger partial charge in [-0.1, -0.05) is 24.3 Å². The Morgan fingerprint density at radius 2 is 1.67 bits per heavy atom. The fourth-order valence-electron chi connectivity index (χ4n) is 3.85. The minimum atomic E-state index is -0.713. The van der Waals surface area contributed by atoms with Gasteiger partial charge in [-0.3, -0.25) is 0 Å². The molecule has 2 aromatic carbocycles. The zero-order valence-corrected chi connectivity index (χ0v) is 17.3. The molecule has 0 atom stereocenters. The van der Waals surface area contributed by atoms with Crippen molar-refractivity contribution in [1.82, 2.24) is 0 Å². The highest BCUT2D eigenvalue weighted by molar-refractivity contribution is 7.18. The molecule has 1 aliphatic rings. The fraction of sp³-hybridized carbons (Fsp3) is 0.227. The van der Waals surface area contributed by atoms with Crippen molar-refractivity contribution in [3.05, 3.63) is 63.0 Å². The summed E-state index contributed by atoms with van der Waals surface area (Å²) in [4.78, 5) is 37.3. The highest BCUT2D eigenvalue weighted by Gasteiger charge is 2.28. The molecule has 0 aliphatic heterocycles. The molecular weight excluding hydrogens is 406 g/mol. The number of esters is 3. The van der Waals surface area contributed by atoms with Crippen LogP contribution in [0.5, 0.6) is 0 Å². The van der Waals surface area contributed by atoms with Crippen molar-refractivity contribution in [2.75, 3.05) is 20.0 Å². The summed E-state index contributed by atoms with van der Waals surface area (Å²) in [6, 6.07) is 9.57. The van der Waals surface area contributed by atoms with Gasteiger partial charge in [0.15, 0.2) is 0 Å². The number of hydrogen-bond acceptors (Lipinski definition) is 8. The van der Waals surface area contributed by atoms with Gasteiger partial charge >= 0.3 is 17.9 Å². The summed E-state index contributed by atoms with van der Waals surface area (Å²) in [5.74, 6) is -1.93. The minimum Gasteiger partial charge on any atom is -0.465 e. The van der Waals surface area contributed by atoms with Gasteiger partial charge in [-0.15, -0.1) is 11.3 Å². The monoisotopic (exact) mass is 425 g/mol. The van der Waals surface area contributed by atoms with Gasteiger partial charge in [-0.2, -0.15) is 0 Å². The van der Waals surface area contributed by atoms with Crippen molar-refractivity contribution < 1.29 is 28.6 Å². The van der Waals surface area contributed by atoms with Crippen molar-refractivity contribution >= 4 is 45.0 Å². The van der Waals surface area contributed by atoms with Gasteiger partial charge in [-0.25, -0.2) is 14.4 Å². The molecule has 4 rings (SSSR count). The Kier molecular flexibility index (Phi) is 5.17. The van der Waals surface area contributed by atoms with E-state index >= 15 is 0 Å². The van der Waals surface area contributed by atoms with Gasteiger partial charge in [0.25, 0.3) is 0 Å². The molecule has 3 aromatic rings. The number of benzene rings is 2. The molecule has 30 heavy (non-hydrogen) atoms. The lowest BCUT2D eigenvalue weighted by atomic mass is 10.00. The molecule has 0 saturated heterocycles. The Bertz CT molecular complexity index is 1190. The molecule has 1 aromatic heterocycles. The van der Waals surface area contributed by atoms with E-state index in [1.807, 2.05) is 18.2 Å². The van der Waals surface area contributed by atoms with Crippen LogP contribution >= 0.6 is 11.3 Å². The second-order valence-electron chi connectivity index (χ2n) is 6.82. The van der Waals surface area contributed by atoms with Crippen molar-refractivity contribution in [2.45, 2.75) is 19.4 Å². The second-order valence-corrected chi connectivity index (χ2v) is 7.87. The Labute approximate surface area is 176 Å². The number of rotatable bonds is 5. The van der Waals surface area contributed by atoms with Gasteiger partial charge in [0.1, 0.15) is 22.0 Å². The summed E-state index contributed by atoms with van der Waals surface area (Å²) in [5.41, 5.74) is 8.95. The molecule has 8 heteroatoms. The number of hydrogen-bond donors (Lipinski definition) is 1. The minimum absolute atomic E-state index is 0.0103. The van der Waals surface area contributed by atoms with Gasteiger partial charge in [0, 0.05) is 5.56 Å². The second kappa shape index (κ2) is 7.79. The van der Waals surface area contributed by atoms with Crippen LogP contribution in [-0.2, 0) is 33.7 Å². The lowest BCUT2D eigenvalue weighted by Gasteiger charge is -2.11. The number of ether oxygens (including phenoxy) is 3. The number of methoxy groups -OCH3 is 2. The molecule has 0 unspecified atom stereocenters. The van der Waals surface area contributed by atoms with E-state index in [1.54, 1.807) is 6.07 Å². The highest BCUT2D eigenvalue weighted by atomic mass is 32.1. The number of anilines is 1. The van der Waals surface area contributed by atoms with Crippen LogP contribution in [-0.4, -0.2) is 32.1 Å². The Morgan fingerprint density at radius 3 is 2.37 bits per heavy atom. The third-order valence-electron chi connectivity index (χ3n) is 5.24. The average Bonchev–Trinajstić information content (AvgIpc) is 3.33. The van der Waals surface area contributed by atoms with Crippen molar-refractivity contribution in [3.8, 4) is 0 Å². The maximum Gasteiger partial charge on any atom is 0.348 e. The van der Waals surface area contributed by atoms with E-state index in [2.05, 4.69) is 6.07 Å². The average molecular weight is 425 g/mol. The maximum absolute atomic E-state index is 12.9. The van der Waals surface area contributed by atoms with E-state index in [-0.39, 0.29) is 27.6 Å². The quantitative estimate of drug-likeness (QED) is 0.493. The molecule has 7 nitrogen and oxygen atoms in total. The first-order valence-electron chi connectivity index (χ1n) is 9.24. The topological polar surface area (TPSA) is 105 Å². The normalized spacial score (nSPS) is 12.1. The van der Waals surface area contributed by atoms with Gasteiger partial charge < -0.3 is 19.9 Å². The molecule has 0 radical (unpaired) electrons. The molecule has 154 valence electrons. The molecule has 0 bridgehead atoms. The van der Waals surface area contributed by atoms with E-state index in [4.69, 9.17) is 19.9 Å². The van der Waals surface area contributed by atoms with Crippen LogP contribution in [0.2, 0.25) is 0 Å². The first kappa shape index (κ1) is 19.9. The van der Waals surface area contributed by atoms with Crippen molar-refractivity contribution in [2.24, 2.45) is 0 Å². The first-order chi connectivity index (χ1) is 14.5. The molecular formula is C22H19NO6S. The maximum atomic E-state index is 12.9. The number of thiophene rings is 1. The summed E-state index contributed by atoms with van der Waals surface area (Å²) in [6.07, 6.45) is 1.90. The van der Waals surface area contributed by atoms with Crippen molar-refractivity contribution in [1.29, 1.82) is 0 Å². The first-order valence-corrected chi connectivity index (χ1v) is 10.1. The van der Waals surface area contributed by atoms with Gasteiger partial charge in [0.05, 0.1) is 19.8 Å². The zero-order chi connectivity index (χ0) is 21.4. The Balaban J connectivity index is 1.68. The summed E-state index contributed by atoms with van der Waals surface area (Å²) in [5, 5.41) is 2.02. The molecule has 0 amide bonds. The number of nitrogens with two attached hydrogens (primary N) is 1. The third kappa shape index (κ3) is 3.19. The van der Waals surface area contributed by atoms with E-state index in [0.29, 0.717) is 5.56 Å². The van der Waals surface area contributed by atoms with Crippen LogP contribution in [0.25, 0.3) is 10.8 Å². The summed E-state index contributed by atoms with van der Waals surface area (Å²) in [6.45, 7) is -0.315. The number of carbonyl (C=O) groups excluding carboxylic acids is 3. The van der Waals surface area contributed by atoms with E-state index in [1.165, 1.54) is 25.3 Å². The summed E-state index contributed by atoms with van der Waals surface area (Å²) >= 11 is 0.891. The lowest BCUT2D eigenvalue weighted by molar-refractivity contribution is 0.0454. The SMILES string of the molecule is COC(=O)c1sc(N)c(C(=O)OC)c1COC(=O)c1ccc2c3c(cccc13)CC2. The highest BCUT2D eigenvalue weighted by Crippen LogP contribution is 2.35. The van der Waals surface area contributed by atoms with Gasteiger partial charge in [0.2, 0.25) is 0 Å². The van der Waals surface area contributed by atoms with Crippen LogP contribution in [0.4, 0.5) is 5.00 Å². The van der Waals surface area contributed by atoms with Crippen LogP contribution < -0.4 is 5.73 Å². The number of carbonyl (C=O) groups is 3. The Hall–Kier alpha value is -3.39.